The van der Waals surface area contributed by atoms with Gasteiger partial charge in [0.1, 0.15) is 0 Å². The lowest BCUT2D eigenvalue weighted by atomic mass is 10.2. The average Bonchev–Trinajstić information content (AvgIpc) is 3.31. The number of carbonyl (C=O) groups excluding carboxylic acids is 1. The van der Waals surface area contributed by atoms with Crippen molar-refractivity contribution in [3.8, 4) is 11.4 Å². The van der Waals surface area contributed by atoms with Gasteiger partial charge in [-0.3, -0.25) is 9.36 Å². The third-order valence-corrected chi connectivity index (χ3v) is 6.81. The molecule has 0 saturated carbocycles. The Morgan fingerprint density at radius 2 is 2.14 bits per heavy atom. The number of halogens is 1. The average molecular weight is 449 g/mol. The molecule has 29 heavy (non-hydrogen) atoms. The lowest BCUT2D eigenvalue weighted by molar-refractivity contribution is -0.113. The van der Waals surface area contributed by atoms with E-state index in [4.69, 9.17) is 11.6 Å². The molecular weight excluding hydrogens is 424 g/mol. The van der Waals surface area contributed by atoms with Crippen LogP contribution in [0, 0.1) is 6.92 Å². The highest BCUT2D eigenvalue weighted by atomic mass is 35.5. The molecule has 0 aliphatic carbocycles. The summed E-state index contributed by atoms with van der Waals surface area (Å²) in [5.41, 5.74) is 2.68. The number of nitrogens with one attached hydrogen (secondary N) is 1. The Labute approximate surface area is 184 Å². The number of aromatic nitrogens is 3. The van der Waals surface area contributed by atoms with Crippen LogP contribution in [0.1, 0.15) is 43.7 Å². The van der Waals surface area contributed by atoms with Gasteiger partial charge in [0.05, 0.1) is 5.75 Å². The van der Waals surface area contributed by atoms with Crippen molar-refractivity contribution in [2.24, 2.45) is 0 Å². The summed E-state index contributed by atoms with van der Waals surface area (Å²) in [7, 11) is 0. The van der Waals surface area contributed by atoms with E-state index < -0.39 is 0 Å². The Morgan fingerprint density at radius 3 is 2.86 bits per heavy atom. The summed E-state index contributed by atoms with van der Waals surface area (Å²) in [6.45, 7) is 8.28. The molecule has 1 amide bonds. The molecule has 1 aromatic carbocycles. The summed E-state index contributed by atoms with van der Waals surface area (Å²) in [6, 6.07) is 7.87. The van der Waals surface area contributed by atoms with Crippen LogP contribution in [0.4, 0.5) is 5.69 Å². The van der Waals surface area contributed by atoms with E-state index in [9.17, 15) is 4.79 Å². The summed E-state index contributed by atoms with van der Waals surface area (Å²) in [6.07, 6.45) is 2.20. The van der Waals surface area contributed by atoms with E-state index in [1.165, 1.54) is 16.6 Å². The van der Waals surface area contributed by atoms with Crippen LogP contribution >= 0.6 is 34.7 Å². The quantitative estimate of drug-likeness (QED) is 0.415. The number of thioether (sulfide) groups is 1. The van der Waals surface area contributed by atoms with Crippen LogP contribution in [0.5, 0.6) is 0 Å². The fourth-order valence-electron chi connectivity index (χ4n) is 2.97. The maximum Gasteiger partial charge on any atom is 0.234 e. The first-order chi connectivity index (χ1) is 13.9. The Balaban J connectivity index is 1.73. The maximum absolute atomic E-state index is 12.5. The standard InChI is InChI=1S/C21H25ClN4OS2/c1-5-7-16-10-15(11-28-16)20-24-25-21(26(20)13(2)3)29-12-19(27)23-18-9-6-8-17(22)14(18)4/h6,8-11,13H,5,7,12H2,1-4H3,(H,23,27). The molecule has 2 heterocycles. The number of benzene rings is 1. The van der Waals surface area contributed by atoms with Gasteiger partial charge in [0, 0.05) is 32.6 Å². The molecule has 3 aromatic rings. The van der Waals surface area contributed by atoms with Crippen LogP contribution < -0.4 is 5.32 Å². The molecule has 8 heteroatoms. The van der Waals surface area contributed by atoms with Gasteiger partial charge >= 0.3 is 0 Å². The molecule has 0 aliphatic rings. The summed E-state index contributed by atoms with van der Waals surface area (Å²) >= 11 is 9.28. The predicted molar refractivity (Wildman–Crippen MR) is 123 cm³/mol. The van der Waals surface area contributed by atoms with Crippen molar-refractivity contribution in [3.63, 3.8) is 0 Å². The molecule has 154 valence electrons. The molecule has 0 spiro atoms. The highest BCUT2D eigenvalue weighted by molar-refractivity contribution is 7.99. The lowest BCUT2D eigenvalue weighted by Crippen LogP contribution is -2.15. The van der Waals surface area contributed by atoms with Crippen molar-refractivity contribution in [1.82, 2.24) is 14.8 Å². The van der Waals surface area contributed by atoms with Crippen molar-refractivity contribution in [3.05, 3.63) is 45.1 Å². The Kier molecular flexibility index (Phi) is 7.38. The van der Waals surface area contributed by atoms with Crippen LogP contribution in [0.2, 0.25) is 5.02 Å². The summed E-state index contributed by atoms with van der Waals surface area (Å²) < 4.78 is 2.10. The zero-order valence-electron chi connectivity index (χ0n) is 17.0. The lowest BCUT2D eigenvalue weighted by Gasteiger charge is -2.13. The van der Waals surface area contributed by atoms with Crippen molar-refractivity contribution < 1.29 is 4.79 Å². The molecule has 0 aliphatic heterocycles. The second-order valence-electron chi connectivity index (χ2n) is 7.07. The number of carbonyl (C=O) groups is 1. The van der Waals surface area contributed by atoms with Gasteiger partial charge in [-0.1, -0.05) is 42.8 Å². The minimum absolute atomic E-state index is 0.0963. The monoisotopic (exact) mass is 448 g/mol. The van der Waals surface area contributed by atoms with Crippen molar-refractivity contribution in [1.29, 1.82) is 0 Å². The van der Waals surface area contributed by atoms with E-state index in [2.05, 4.69) is 52.3 Å². The first-order valence-electron chi connectivity index (χ1n) is 9.61. The molecule has 0 radical (unpaired) electrons. The minimum atomic E-state index is -0.0963. The number of nitrogens with zero attached hydrogens (tertiary/aromatic N) is 3. The van der Waals surface area contributed by atoms with Crippen molar-refractivity contribution in [2.45, 2.75) is 51.7 Å². The van der Waals surface area contributed by atoms with E-state index in [-0.39, 0.29) is 17.7 Å². The third kappa shape index (κ3) is 5.21. The Morgan fingerprint density at radius 1 is 1.34 bits per heavy atom. The van der Waals surface area contributed by atoms with E-state index in [0.29, 0.717) is 5.02 Å². The first-order valence-corrected chi connectivity index (χ1v) is 11.9. The van der Waals surface area contributed by atoms with Crippen LogP contribution in [0.3, 0.4) is 0 Å². The second kappa shape index (κ2) is 9.78. The second-order valence-corrected chi connectivity index (χ2v) is 9.42. The number of rotatable bonds is 8. The zero-order valence-corrected chi connectivity index (χ0v) is 19.4. The molecule has 5 nitrogen and oxygen atoms in total. The van der Waals surface area contributed by atoms with Gasteiger partial charge in [-0.2, -0.15) is 0 Å². The van der Waals surface area contributed by atoms with Gasteiger partial charge in [0.15, 0.2) is 11.0 Å². The predicted octanol–water partition coefficient (Wildman–Crippen LogP) is 6.23. The summed E-state index contributed by atoms with van der Waals surface area (Å²) in [5, 5.41) is 15.2. The molecule has 2 aromatic heterocycles. The molecule has 1 N–H and O–H groups in total. The smallest absolute Gasteiger partial charge is 0.234 e. The number of aryl methyl sites for hydroxylation is 1. The van der Waals surface area contributed by atoms with E-state index in [0.717, 1.165) is 40.6 Å². The van der Waals surface area contributed by atoms with Crippen LogP contribution in [0.15, 0.2) is 34.8 Å². The molecule has 0 fully saturated rings. The third-order valence-electron chi connectivity index (χ3n) is 4.46. The normalized spacial score (nSPS) is 11.2. The van der Waals surface area contributed by atoms with Gasteiger partial charge in [-0.15, -0.1) is 21.5 Å². The first kappa shape index (κ1) is 21.9. The van der Waals surface area contributed by atoms with Crippen molar-refractivity contribution >= 4 is 46.3 Å². The fraction of sp³-hybridized carbons (Fsp3) is 0.381. The largest absolute Gasteiger partial charge is 0.325 e. The summed E-state index contributed by atoms with van der Waals surface area (Å²) in [5.74, 6) is 1.01. The van der Waals surface area contributed by atoms with E-state index in [1.54, 1.807) is 11.3 Å². The number of thiophene rings is 1. The van der Waals surface area contributed by atoms with Crippen LogP contribution in [-0.2, 0) is 11.2 Å². The number of amides is 1. The maximum atomic E-state index is 12.5. The van der Waals surface area contributed by atoms with Crippen molar-refractivity contribution in [2.75, 3.05) is 11.1 Å². The van der Waals surface area contributed by atoms with Gasteiger partial charge < -0.3 is 5.32 Å². The molecule has 0 unspecified atom stereocenters. The number of hydrogen-bond acceptors (Lipinski definition) is 5. The molecule has 0 bridgehead atoms. The van der Waals surface area contributed by atoms with Crippen LogP contribution in [-0.4, -0.2) is 26.4 Å². The molecule has 0 atom stereocenters. The van der Waals surface area contributed by atoms with Gasteiger partial charge in [-0.05, 0) is 51.0 Å². The minimum Gasteiger partial charge on any atom is -0.325 e. The Bertz CT molecular complexity index is 996. The highest BCUT2D eigenvalue weighted by Crippen LogP contribution is 2.31. The number of anilines is 1. The molecule has 0 saturated heterocycles. The highest BCUT2D eigenvalue weighted by Gasteiger charge is 2.19. The number of hydrogen-bond donors (Lipinski definition) is 1. The zero-order chi connectivity index (χ0) is 21.0. The fourth-order valence-corrected chi connectivity index (χ4v) is 4.98. The topological polar surface area (TPSA) is 59.8 Å². The molecule has 3 rings (SSSR count). The SMILES string of the molecule is CCCc1cc(-c2nnc(SCC(=O)Nc3cccc(Cl)c3C)n2C(C)C)cs1. The van der Waals surface area contributed by atoms with E-state index >= 15 is 0 Å². The van der Waals surface area contributed by atoms with Gasteiger partial charge in [-0.25, -0.2) is 0 Å². The van der Waals surface area contributed by atoms with E-state index in [1.807, 2.05) is 25.1 Å². The summed E-state index contributed by atoms with van der Waals surface area (Å²) in [4.78, 5) is 13.8. The molecular formula is C21H25ClN4OS2. The van der Waals surface area contributed by atoms with Gasteiger partial charge in [0.2, 0.25) is 5.91 Å². The Hall–Kier alpha value is -1.83. The van der Waals surface area contributed by atoms with Gasteiger partial charge in [0.25, 0.3) is 0 Å². The van der Waals surface area contributed by atoms with Crippen LogP contribution in [0.25, 0.3) is 11.4 Å².